The van der Waals surface area contributed by atoms with Gasteiger partial charge in [0.05, 0.1) is 24.1 Å². The van der Waals surface area contributed by atoms with Crippen LogP contribution in [0.4, 0.5) is 0 Å². The molecule has 2 heterocycles. The number of ketones is 1. The van der Waals surface area contributed by atoms with E-state index in [0.717, 1.165) is 36.8 Å². The molecule has 3 atom stereocenters. The average Bonchev–Trinajstić information content (AvgIpc) is 3.08. The second-order valence-electron chi connectivity index (χ2n) is 8.64. The topological polar surface area (TPSA) is 76.1 Å². The molecule has 1 fully saturated rings. The Kier molecular flexibility index (Phi) is 5.37. The number of fused-ring (bicyclic) bond motifs is 1. The summed E-state index contributed by atoms with van der Waals surface area (Å²) in [5.74, 6) is 0.143. The molecule has 0 spiro atoms. The van der Waals surface area contributed by atoms with E-state index in [1.54, 1.807) is 23.1 Å². The predicted octanol–water partition coefficient (Wildman–Crippen LogP) is 4.29. The highest BCUT2D eigenvalue weighted by molar-refractivity contribution is 6.11. The normalized spacial score (nSPS) is 24.8. The van der Waals surface area contributed by atoms with Crippen LogP contribution in [0.25, 0.3) is 0 Å². The maximum absolute atomic E-state index is 13.6. The average molecular weight is 434 g/mol. The Morgan fingerprint density at radius 3 is 2.66 bits per heavy atom. The number of amides is 1. The highest BCUT2D eigenvalue weighted by Crippen LogP contribution is 2.48. The number of hydrogen-bond acceptors (Lipinski definition) is 5. The van der Waals surface area contributed by atoms with Crippen molar-refractivity contribution in [2.24, 2.45) is 5.92 Å². The quantitative estimate of drug-likeness (QED) is 0.761. The van der Waals surface area contributed by atoms with Crippen molar-refractivity contribution in [3.8, 4) is 11.5 Å². The fourth-order valence-corrected chi connectivity index (χ4v) is 5.15. The Labute approximate surface area is 187 Å². The van der Waals surface area contributed by atoms with Crippen molar-refractivity contribution in [1.82, 2.24) is 4.90 Å². The van der Waals surface area contributed by atoms with Gasteiger partial charge in [-0.05, 0) is 49.4 Å². The highest BCUT2D eigenvalue weighted by atomic mass is 16.5. The largest absolute Gasteiger partial charge is 0.504 e. The van der Waals surface area contributed by atoms with E-state index in [4.69, 9.17) is 9.47 Å². The van der Waals surface area contributed by atoms with Crippen LogP contribution in [0.15, 0.2) is 59.9 Å². The molecule has 2 aromatic carbocycles. The maximum Gasteiger partial charge on any atom is 0.290 e. The number of rotatable bonds is 5. The number of aromatic hydroxyl groups is 1. The number of benzene rings is 2. The van der Waals surface area contributed by atoms with E-state index >= 15 is 0 Å². The smallest absolute Gasteiger partial charge is 0.290 e. The Bertz CT molecular complexity index is 1080. The number of hydrogen-bond donors (Lipinski definition) is 1. The summed E-state index contributed by atoms with van der Waals surface area (Å²) in [6.07, 6.45) is 3.39. The Morgan fingerprint density at radius 2 is 1.88 bits per heavy atom. The zero-order valence-corrected chi connectivity index (χ0v) is 18.1. The van der Waals surface area contributed by atoms with Gasteiger partial charge in [-0.1, -0.05) is 42.8 Å². The molecule has 0 bridgehead atoms. The Morgan fingerprint density at radius 1 is 1.09 bits per heavy atom. The molecule has 6 nitrogen and oxygen atoms in total. The van der Waals surface area contributed by atoms with Gasteiger partial charge in [0.1, 0.15) is 6.10 Å². The van der Waals surface area contributed by atoms with E-state index in [1.807, 2.05) is 37.3 Å². The van der Waals surface area contributed by atoms with E-state index in [0.29, 0.717) is 24.5 Å². The van der Waals surface area contributed by atoms with Gasteiger partial charge in [-0.2, -0.15) is 0 Å². The second kappa shape index (κ2) is 8.34. The van der Waals surface area contributed by atoms with Crippen LogP contribution in [0.2, 0.25) is 0 Å². The molecule has 0 aromatic heterocycles. The predicted molar refractivity (Wildman–Crippen MR) is 118 cm³/mol. The molecule has 3 aliphatic rings. The summed E-state index contributed by atoms with van der Waals surface area (Å²) in [5.41, 5.74) is 2.15. The third-order valence-corrected chi connectivity index (χ3v) is 6.65. The van der Waals surface area contributed by atoms with Crippen LogP contribution >= 0.6 is 0 Å². The van der Waals surface area contributed by atoms with Gasteiger partial charge in [-0.3, -0.25) is 9.59 Å². The number of phenols is 1. The number of carbonyl (C=O) groups is 2. The number of carbonyl (C=O) groups excluding carboxylic acids is 2. The zero-order chi connectivity index (χ0) is 22.2. The van der Waals surface area contributed by atoms with Crippen LogP contribution in [0.1, 0.15) is 49.8 Å². The van der Waals surface area contributed by atoms with E-state index in [1.165, 1.54) is 0 Å². The summed E-state index contributed by atoms with van der Waals surface area (Å²) < 4.78 is 11.8. The third kappa shape index (κ3) is 3.44. The van der Waals surface area contributed by atoms with Crippen molar-refractivity contribution in [1.29, 1.82) is 0 Å². The van der Waals surface area contributed by atoms with Gasteiger partial charge in [-0.15, -0.1) is 0 Å². The molecule has 6 heteroatoms. The standard InChI is InChI=1S/C26H27NO5/c1-2-31-21-14-17(12-13-19(21)28)23-22-24(29)18-10-6-7-11-20(18)32-25(22)26(30)27(23)15-16-8-4-3-5-9-16/h3-5,8-9,12-14,18,20,23,28H,2,6-7,10-11,15H2,1H3. The van der Waals surface area contributed by atoms with Crippen LogP contribution in [0, 0.1) is 5.92 Å². The summed E-state index contributed by atoms with van der Waals surface area (Å²) in [6.45, 7) is 2.59. The fraction of sp³-hybridized carbons (Fsp3) is 0.385. The molecule has 1 saturated carbocycles. The minimum absolute atomic E-state index is 0.0240. The first-order valence-electron chi connectivity index (χ1n) is 11.3. The lowest BCUT2D eigenvalue weighted by atomic mass is 9.77. The maximum atomic E-state index is 13.6. The van der Waals surface area contributed by atoms with E-state index in [9.17, 15) is 14.7 Å². The lowest BCUT2D eigenvalue weighted by Crippen LogP contribution is -2.39. The first kappa shape index (κ1) is 20.6. The van der Waals surface area contributed by atoms with Crippen LogP contribution in [0.5, 0.6) is 11.5 Å². The Hall–Kier alpha value is -3.28. The van der Waals surface area contributed by atoms with E-state index in [-0.39, 0.29) is 35.2 Å². The van der Waals surface area contributed by atoms with Crippen LogP contribution in [-0.4, -0.2) is 34.4 Å². The molecular weight excluding hydrogens is 406 g/mol. The van der Waals surface area contributed by atoms with Gasteiger partial charge in [0.15, 0.2) is 23.0 Å². The summed E-state index contributed by atoms with van der Waals surface area (Å²) >= 11 is 0. The Balaban J connectivity index is 1.60. The monoisotopic (exact) mass is 433 g/mol. The van der Waals surface area contributed by atoms with Crippen molar-refractivity contribution in [3.05, 3.63) is 71.0 Å². The minimum Gasteiger partial charge on any atom is -0.504 e. The molecule has 2 aromatic rings. The molecule has 1 amide bonds. The first-order chi connectivity index (χ1) is 15.6. The van der Waals surface area contributed by atoms with Crippen LogP contribution in [0.3, 0.4) is 0 Å². The molecule has 2 aliphatic heterocycles. The van der Waals surface area contributed by atoms with Gasteiger partial charge >= 0.3 is 0 Å². The molecule has 0 radical (unpaired) electrons. The second-order valence-corrected chi connectivity index (χ2v) is 8.64. The minimum atomic E-state index is -0.576. The number of phenolic OH excluding ortho intramolecular Hbond substituents is 1. The number of Topliss-reactive ketones (excluding diaryl/α,β-unsaturated/α-hetero) is 1. The number of ether oxygens (including phenoxy) is 2. The molecule has 32 heavy (non-hydrogen) atoms. The highest BCUT2D eigenvalue weighted by Gasteiger charge is 2.51. The first-order valence-corrected chi connectivity index (χ1v) is 11.3. The van der Waals surface area contributed by atoms with E-state index in [2.05, 4.69) is 0 Å². The molecule has 1 aliphatic carbocycles. The molecular formula is C26H27NO5. The fourth-order valence-electron chi connectivity index (χ4n) is 5.15. The molecule has 0 saturated heterocycles. The van der Waals surface area contributed by atoms with Gasteiger partial charge < -0.3 is 19.5 Å². The van der Waals surface area contributed by atoms with E-state index < -0.39 is 6.04 Å². The molecule has 3 unspecified atom stereocenters. The zero-order valence-electron chi connectivity index (χ0n) is 18.1. The molecule has 166 valence electrons. The van der Waals surface area contributed by atoms with Gasteiger partial charge in [0, 0.05) is 6.54 Å². The SMILES string of the molecule is CCOc1cc(C2C3=C(OC4CCCCC4C3=O)C(=O)N2Cc2ccccc2)ccc1O. The lowest BCUT2D eigenvalue weighted by molar-refractivity contribution is -0.135. The van der Waals surface area contributed by atoms with Gasteiger partial charge in [0.2, 0.25) is 0 Å². The molecule has 1 N–H and O–H groups in total. The van der Waals surface area contributed by atoms with Crippen molar-refractivity contribution in [2.45, 2.75) is 51.3 Å². The summed E-state index contributed by atoms with van der Waals surface area (Å²) in [7, 11) is 0. The summed E-state index contributed by atoms with van der Waals surface area (Å²) in [5, 5.41) is 10.2. The lowest BCUT2D eigenvalue weighted by Gasteiger charge is -2.35. The van der Waals surface area contributed by atoms with Gasteiger partial charge in [-0.25, -0.2) is 0 Å². The molecule has 5 rings (SSSR count). The summed E-state index contributed by atoms with van der Waals surface area (Å²) in [6, 6.07) is 14.2. The summed E-state index contributed by atoms with van der Waals surface area (Å²) in [4.78, 5) is 28.9. The third-order valence-electron chi connectivity index (χ3n) is 6.65. The number of nitrogens with zero attached hydrogens (tertiary/aromatic N) is 1. The van der Waals surface area contributed by atoms with Crippen LogP contribution in [-0.2, 0) is 20.9 Å². The van der Waals surface area contributed by atoms with Crippen LogP contribution < -0.4 is 4.74 Å². The van der Waals surface area contributed by atoms with Crippen molar-refractivity contribution in [2.75, 3.05) is 6.61 Å². The van der Waals surface area contributed by atoms with Gasteiger partial charge in [0.25, 0.3) is 5.91 Å². The van der Waals surface area contributed by atoms with Crippen molar-refractivity contribution >= 4 is 11.7 Å². The van der Waals surface area contributed by atoms with Crippen molar-refractivity contribution in [3.63, 3.8) is 0 Å². The van der Waals surface area contributed by atoms with Crippen molar-refractivity contribution < 1.29 is 24.2 Å².